The number of nitrogens with zero attached hydrogens (tertiary/aromatic N) is 2. The normalized spacial score (nSPS) is 11.1. The van der Waals surface area contributed by atoms with Crippen molar-refractivity contribution in [3.8, 4) is 0 Å². The van der Waals surface area contributed by atoms with Crippen molar-refractivity contribution in [1.29, 1.82) is 0 Å². The summed E-state index contributed by atoms with van der Waals surface area (Å²) in [7, 11) is -2.18. The van der Waals surface area contributed by atoms with Gasteiger partial charge in [0.25, 0.3) is 0 Å². The molecule has 0 saturated carbocycles. The average Bonchev–Trinajstić information content (AvgIpc) is 2.53. The summed E-state index contributed by atoms with van der Waals surface area (Å²) < 4.78 is 31.0. The van der Waals surface area contributed by atoms with Crippen LogP contribution in [0.25, 0.3) is 0 Å². The summed E-state index contributed by atoms with van der Waals surface area (Å²) in [5.41, 5.74) is 1.66. The molecular formula is C14H15N3O4S. The van der Waals surface area contributed by atoms with E-state index in [1.54, 1.807) is 24.3 Å². The van der Waals surface area contributed by atoms with Crippen molar-refractivity contribution in [3.63, 3.8) is 0 Å². The van der Waals surface area contributed by atoms with Gasteiger partial charge in [0.2, 0.25) is 10.0 Å². The van der Waals surface area contributed by atoms with E-state index in [0.29, 0.717) is 11.1 Å². The Labute approximate surface area is 128 Å². The molecule has 2 aromatic rings. The monoisotopic (exact) mass is 321 g/mol. The highest BCUT2D eigenvalue weighted by Crippen LogP contribution is 2.07. The number of carbonyl (C=O) groups is 1. The maximum absolute atomic E-state index is 12.0. The van der Waals surface area contributed by atoms with Crippen molar-refractivity contribution in [3.05, 3.63) is 59.7 Å². The van der Waals surface area contributed by atoms with Gasteiger partial charge in [-0.15, -0.1) is 0 Å². The zero-order valence-electron chi connectivity index (χ0n) is 11.9. The number of ether oxygens (including phenoxy) is 1. The molecule has 7 nitrogen and oxygen atoms in total. The van der Waals surface area contributed by atoms with Crippen LogP contribution in [0.1, 0.15) is 21.5 Å². The lowest BCUT2D eigenvalue weighted by molar-refractivity contribution is 0.0600. The first-order valence-corrected chi connectivity index (χ1v) is 8.04. The molecule has 0 aliphatic rings. The topological polar surface area (TPSA) is 98.2 Å². The van der Waals surface area contributed by atoms with E-state index in [1.165, 1.54) is 25.8 Å². The van der Waals surface area contributed by atoms with E-state index in [0.717, 1.165) is 5.56 Å². The molecule has 1 heterocycles. The quantitative estimate of drug-likeness (QED) is 0.793. The Morgan fingerprint density at radius 1 is 1.14 bits per heavy atom. The smallest absolute Gasteiger partial charge is 0.337 e. The van der Waals surface area contributed by atoms with Gasteiger partial charge >= 0.3 is 5.97 Å². The lowest BCUT2D eigenvalue weighted by Crippen LogP contribution is -2.24. The number of carbonyl (C=O) groups excluding carboxylic acids is 1. The first kappa shape index (κ1) is 16.1. The van der Waals surface area contributed by atoms with Gasteiger partial charge in [0.05, 0.1) is 18.4 Å². The number of methoxy groups -OCH3 is 1. The Hall–Kier alpha value is -2.32. The van der Waals surface area contributed by atoms with Crippen LogP contribution in [0.4, 0.5) is 0 Å². The van der Waals surface area contributed by atoms with E-state index in [4.69, 9.17) is 0 Å². The highest BCUT2D eigenvalue weighted by molar-refractivity contribution is 7.88. The molecule has 0 atom stereocenters. The van der Waals surface area contributed by atoms with Crippen LogP contribution in [0, 0.1) is 0 Å². The fraction of sp³-hybridized carbons (Fsp3) is 0.214. The fourth-order valence-corrected chi connectivity index (χ4v) is 2.82. The Kier molecular flexibility index (Phi) is 5.18. The molecule has 0 aliphatic heterocycles. The summed E-state index contributed by atoms with van der Waals surface area (Å²) >= 11 is 0. The Morgan fingerprint density at radius 2 is 1.77 bits per heavy atom. The maximum Gasteiger partial charge on any atom is 0.337 e. The minimum Gasteiger partial charge on any atom is -0.465 e. The maximum atomic E-state index is 12.0. The molecule has 22 heavy (non-hydrogen) atoms. The molecule has 8 heteroatoms. The van der Waals surface area contributed by atoms with Crippen molar-refractivity contribution in [1.82, 2.24) is 14.7 Å². The molecule has 0 radical (unpaired) electrons. The first-order valence-electron chi connectivity index (χ1n) is 6.38. The number of aromatic nitrogens is 2. The summed E-state index contributed by atoms with van der Waals surface area (Å²) in [5, 5.41) is 0. The van der Waals surface area contributed by atoms with E-state index >= 15 is 0 Å². The average molecular weight is 321 g/mol. The van der Waals surface area contributed by atoms with Crippen LogP contribution in [0.2, 0.25) is 0 Å². The third-order valence-electron chi connectivity index (χ3n) is 2.84. The molecule has 0 saturated heterocycles. The molecule has 0 unspecified atom stereocenters. The number of esters is 1. The van der Waals surface area contributed by atoms with Gasteiger partial charge in [-0.2, -0.15) is 0 Å². The number of nitrogens with one attached hydrogen (secondary N) is 1. The van der Waals surface area contributed by atoms with Crippen molar-refractivity contribution in [2.24, 2.45) is 0 Å². The number of rotatable bonds is 6. The van der Waals surface area contributed by atoms with E-state index < -0.39 is 16.0 Å². The standard InChI is InChI=1S/C14H15N3O4S/c1-21-14(18)13-4-2-11(3-5-13)8-17-22(19,20)9-12-6-15-10-16-7-12/h2-7,10,17H,8-9H2,1H3. The van der Waals surface area contributed by atoms with Crippen LogP contribution >= 0.6 is 0 Å². The lowest BCUT2D eigenvalue weighted by Gasteiger charge is -2.07. The predicted octanol–water partition coefficient (Wildman–Crippen LogP) is 0.883. The predicted molar refractivity (Wildman–Crippen MR) is 79.3 cm³/mol. The second kappa shape index (κ2) is 7.10. The second-order valence-electron chi connectivity index (χ2n) is 4.52. The van der Waals surface area contributed by atoms with Gasteiger partial charge in [-0.3, -0.25) is 0 Å². The molecule has 1 aromatic carbocycles. The summed E-state index contributed by atoms with van der Waals surface area (Å²) in [6.07, 6.45) is 4.25. The van der Waals surface area contributed by atoms with Crippen LogP contribution in [-0.4, -0.2) is 31.5 Å². The minimum absolute atomic E-state index is 0.136. The zero-order valence-corrected chi connectivity index (χ0v) is 12.7. The van der Waals surface area contributed by atoms with Gasteiger partial charge in [-0.25, -0.2) is 27.9 Å². The molecular weight excluding hydrogens is 306 g/mol. The van der Waals surface area contributed by atoms with Gasteiger partial charge in [0.15, 0.2) is 0 Å². The lowest BCUT2D eigenvalue weighted by atomic mass is 10.1. The molecule has 0 bridgehead atoms. The highest BCUT2D eigenvalue weighted by Gasteiger charge is 2.12. The summed E-state index contributed by atoms with van der Waals surface area (Å²) in [4.78, 5) is 18.8. The SMILES string of the molecule is COC(=O)c1ccc(CNS(=O)(=O)Cc2cncnc2)cc1. The number of benzene rings is 1. The Morgan fingerprint density at radius 3 is 2.36 bits per heavy atom. The second-order valence-corrected chi connectivity index (χ2v) is 6.32. The van der Waals surface area contributed by atoms with Crippen LogP contribution in [-0.2, 0) is 27.1 Å². The molecule has 1 N–H and O–H groups in total. The van der Waals surface area contributed by atoms with Crippen molar-refractivity contribution >= 4 is 16.0 Å². The minimum atomic E-state index is -3.49. The van der Waals surface area contributed by atoms with E-state index in [2.05, 4.69) is 19.4 Å². The molecule has 0 aliphatic carbocycles. The Balaban J connectivity index is 1.95. The third-order valence-corrected chi connectivity index (χ3v) is 4.14. The molecule has 116 valence electrons. The molecule has 1 aromatic heterocycles. The van der Waals surface area contributed by atoms with Crippen LogP contribution in [0.5, 0.6) is 0 Å². The van der Waals surface area contributed by atoms with Gasteiger partial charge in [-0.05, 0) is 17.7 Å². The van der Waals surface area contributed by atoms with Gasteiger partial charge in [0.1, 0.15) is 6.33 Å². The Bertz CT molecular complexity index is 730. The van der Waals surface area contributed by atoms with Gasteiger partial charge < -0.3 is 4.74 Å². The number of hydrogen-bond donors (Lipinski definition) is 1. The van der Waals surface area contributed by atoms with Crippen molar-refractivity contribution < 1.29 is 17.9 Å². The largest absolute Gasteiger partial charge is 0.465 e. The van der Waals surface area contributed by atoms with E-state index in [9.17, 15) is 13.2 Å². The van der Waals surface area contributed by atoms with Gasteiger partial charge in [0, 0.05) is 24.5 Å². The van der Waals surface area contributed by atoms with Gasteiger partial charge in [-0.1, -0.05) is 12.1 Å². The third kappa shape index (κ3) is 4.61. The van der Waals surface area contributed by atoms with E-state index in [1.807, 2.05) is 0 Å². The van der Waals surface area contributed by atoms with Crippen LogP contribution in [0.15, 0.2) is 43.0 Å². The molecule has 0 amide bonds. The summed E-state index contributed by atoms with van der Waals surface area (Å²) in [5.74, 6) is -0.620. The first-order chi connectivity index (χ1) is 10.5. The fourth-order valence-electron chi connectivity index (χ4n) is 1.74. The highest BCUT2D eigenvalue weighted by atomic mass is 32.2. The van der Waals surface area contributed by atoms with Crippen LogP contribution in [0.3, 0.4) is 0 Å². The van der Waals surface area contributed by atoms with E-state index in [-0.39, 0.29) is 12.3 Å². The summed E-state index contributed by atoms with van der Waals surface area (Å²) in [6.45, 7) is 0.136. The zero-order chi connectivity index (χ0) is 16.0. The molecule has 0 spiro atoms. The molecule has 2 rings (SSSR count). The van der Waals surface area contributed by atoms with Crippen LogP contribution < -0.4 is 4.72 Å². The number of sulfonamides is 1. The summed E-state index contributed by atoms with van der Waals surface area (Å²) in [6, 6.07) is 6.50. The molecule has 0 fully saturated rings. The number of hydrogen-bond acceptors (Lipinski definition) is 6. The van der Waals surface area contributed by atoms with Crippen molar-refractivity contribution in [2.75, 3.05) is 7.11 Å². The van der Waals surface area contributed by atoms with Crippen molar-refractivity contribution in [2.45, 2.75) is 12.3 Å².